The Hall–Kier alpha value is -1.56. The zero-order valence-electron chi connectivity index (χ0n) is 11.1. The second-order valence-electron chi connectivity index (χ2n) is 4.72. The topological polar surface area (TPSA) is 12.0 Å². The quantitative estimate of drug-likeness (QED) is 0.709. The smallest absolute Gasteiger partial charge is 0.381 e. The molecule has 1 nitrogen and oxygen atoms in total. The molecule has 0 fully saturated rings. The van der Waals surface area contributed by atoms with Crippen molar-refractivity contribution in [1.82, 2.24) is 0 Å². The van der Waals surface area contributed by atoms with Gasteiger partial charge in [-0.15, -0.1) is 0 Å². The van der Waals surface area contributed by atoms with Gasteiger partial charge < -0.3 is 5.32 Å². The van der Waals surface area contributed by atoms with Crippen LogP contribution in [0.4, 0.5) is 23.2 Å². The molecule has 0 aliphatic carbocycles. The van der Waals surface area contributed by atoms with E-state index in [4.69, 9.17) is 0 Å². The van der Waals surface area contributed by atoms with Crippen LogP contribution in [0.2, 0.25) is 0 Å². The van der Waals surface area contributed by atoms with E-state index in [2.05, 4.69) is 21.2 Å². The van der Waals surface area contributed by atoms with E-state index in [1.807, 2.05) is 19.1 Å². The average molecular weight is 362 g/mol. The van der Waals surface area contributed by atoms with E-state index >= 15 is 0 Å². The maximum atomic E-state index is 13.3. The molecule has 1 N–H and O–H groups in total. The minimum absolute atomic E-state index is 0.108. The molecule has 0 atom stereocenters. The number of halogens is 5. The zero-order chi connectivity index (χ0) is 15.6. The SMILES string of the molecule is Cc1cc(Br)cc(NCc2cc(F)cc(C(F)(F)F)c2)c1. The van der Waals surface area contributed by atoms with Crippen LogP contribution in [0.1, 0.15) is 16.7 Å². The highest BCUT2D eigenvalue weighted by atomic mass is 79.9. The molecular formula is C15H12BrF4N. The summed E-state index contributed by atoms with van der Waals surface area (Å²) >= 11 is 3.34. The summed E-state index contributed by atoms with van der Waals surface area (Å²) in [5.74, 6) is -0.896. The Kier molecular flexibility index (Phi) is 4.56. The molecule has 0 amide bonds. The van der Waals surface area contributed by atoms with Crippen molar-refractivity contribution in [2.24, 2.45) is 0 Å². The summed E-state index contributed by atoms with van der Waals surface area (Å²) in [7, 11) is 0. The van der Waals surface area contributed by atoms with Crippen molar-refractivity contribution in [3.05, 3.63) is 63.4 Å². The third-order valence-electron chi connectivity index (χ3n) is 2.82. The summed E-state index contributed by atoms with van der Waals surface area (Å²) in [6.45, 7) is 2.01. The Labute approximate surface area is 128 Å². The lowest BCUT2D eigenvalue weighted by Gasteiger charge is -2.11. The van der Waals surface area contributed by atoms with E-state index in [1.165, 1.54) is 0 Å². The predicted octanol–water partition coefficient (Wildman–Crippen LogP) is 5.53. The molecule has 0 saturated heterocycles. The Morgan fingerprint density at radius 1 is 1.05 bits per heavy atom. The molecule has 2 rings (SSSR count). The minimum atomic E-state index is -4.55. The molecule has 0 aliphatic rings. The van der Waals surface area contributed by atoms with Crippen molar-refractivity contribution in [3.63, 3.8) is 0 Å². The van der Waals surface area contributed by atoms with Gasteiger partial charge in [-0.2, -0.15) is 13.2 Å². The van der Waals surface area contributed by atoms with Crippen molar-refractivity contribution in [2.75, 3.05) is 5.32 Å². The summed E-state index contributed by atoms with van der Waals surface area (Å²) in [6, 6.07) is 8.10. The molecule has 0 saturated carbocycles. The summed E-state index contributed by atoms with van der Waals surface area (Å²) in [5.41, 5.74) is 1.01. The van der Waals surface area contributed by atoms with Gasteiger partial charge in [0.15, 0.2) is 0 Å². The maximum absolute atomic E-state index is 13.3. The van der Waals surface area contributed by atoms with Crippen LogP contribution in [-0.2, 0) is 12.7 Å². The van der Waals surface area contributed by atoms with Gasteiger partial charge in [0.1, 0.15) is 5.82 Å². The van der Waals surface area contributed by atoms with Gasteiger partial charge >= 0.3 is 6.18 Å². The van der Waals surface area contributed by atoms with E-state index < -0.39 is 17.6 Å². The number of anilines is 1. The monoisotopic (exact) mass is 361 g/mol. The van der Waals surface area contributed by atoms with Gasteiger partial charge in [0.25, 0.3) is 0 Å². The molecule has 0 heterocycles. The van der Waals surface area contributed by atoms with Gasteiger partial charge in [-0.3, -0.25) is 0 Å². The normalized spacial score (nSPS) is 11.5. The molecule has 0 aromatic heterocycles. The van der Waals surface area contributed by atoms with Crippen LogP contribution in [0, 0.1) is 12.7 Å². The summed E-state index contributed by atoms with van der Waals surface area (Å²) < 4.78 is 52.0. The number of hydrogen-bond donors (Lipinski definition) is 1. The van der Waals surface area contributed by atoms with Crippen LogP contribution < -0.4 is 5.32 Å². The highest BCUT2D eigenvalue weighted by Gasteiger charge is 2.31. The zero-order valence-corrected chi connectivity index (χ0v) is 12.6. The van der Waals surface area contributed by atoms with Crippen LogP contribution in [0.25, 0.3) is 0 Å². The van der Waals surface area contributed by atoms with E-state index in [-0.39, 0.29) is 12.1 Å². The average Bonchev–Trinajstić information content (AvgIpc) is 2.33. The first-order valence-corrected chi connectivity index (χ1v) is 6.91. The second-order valence-corrected chi connectivity index (χ2v) is 5.63. The van der Waals surface area contributed by atoms with E-state index in [1.54, 1.807) is 6.07 Å². The maximum Gasteiger partial charge on any atom is 0.416 e. The van der Waals surface area contributed by atoms with E-state index in [9.17, 15) is 17.6 Å². The first kappa shape index (κ1) is 15.8. The second kappa shape index (κ2) is 6.05. The van der Waals surface area contributed by atoms with Gasteiger partial charge in [-0.1, -0.05) is 15.9 Å². The van der Waals surface area contributed by atoms with Crippen molar-refractivity contribution >= 4 is 21.6 Å². The lowest BCUT2D eigenvalue weighted by molar-refractivity contribution is -0.137. The molecular weight excluding hydrogens is 350 g/mol. The molecule has 0 aliphatic heterocycles. The van der Waals surface area contributed by atoms with E-state index in [0.29, 0.717) is 6.07 Å². The van der Waals surface area contributed by atoms with Gasteiger partial charge in [0.05, 0.1) is 5.56 Å². The molecule has 2 aromatic rings. The summed E-state index contributed by atoms with van der Waals surface area (Å²) in [6.07, 6.45) is -4.55. The molecule has 2 aromatic carbocycles. The number of benzene rings is 2. The number of alkyl halides is 3. The van der Waals surface area contributed by atoms with Crippen LogP contribution in [0.3, 0.4) is 0 Å². The number of rotatable bonds is 3. The van der Waals surface area contributed by atoms with Crippen molar-refractivity contribution in [3.8, 4) is 0 Å². The number of hydrogen-bond acceptors (Lipinski definition) is 1. The van der Waals surface area contributed by atoms with Gasteiger partial charge in [-0.25, -0.2) is 4.39 Å². The first-order valence-electron chi connectivity index (χ1n) is 6.12. The molecule has 0 radical (unpaired) electrons. The van der Waals surface area contributed by atoms with E-state index in [0.717, 1.165) is 27.9 Å². The van der Waals surface area contributed by atoms with Gasteiger partial charge in [-0.05, 0) is 54.4 Å². The van der Waals surface area contributed by atoms with Crippen molar-refractivity contribution < 1.29 is 17.6 Å². The summed E-state index contributed by atoms with van der Waals surface area (Å²) in [5, 5.41) is 2.98. The third kappa shape index (κ3) is 4.46. The van der Waals surface area contributed by atoms with Crippen LogP contribution in [0.5, 0.6) is 0 Å². The number of aryl methyl sites for hydroxylation is 1. The Balaban J connectivity index is 2.18. The fraction of sp³-hybridized carbons (Fsp3) is 0.200. The summed E-state index contributed by atoms with van der Waals surface area (Å²) in [4.78, 5) is 0. The van der Waals surface area contributed by atoms with Crippen molar-refractivity contribution in [2.45, 2.75) is 19.6 Å². The van der Waals surface area contributed by atoms with Crippen LogP contribution in [-0.4, -0.2) is 0 Å². The first-order chi connectivity index (χ1) is 9.74. The van der Waals surface area contributed by atoms with Crippen LogP contribution >= 0.6 is 15.9 Å². The lowest BCUT2D eigenvalue weighted by Crippen LogP contribution is -2.08. The third-order valence-corrected chi connectivity index (χ3v) is 3.28. The molecule has 0 unspecified atom stereocenters. The van der Waals surface area contributed by atoms with Gasteiger partial charge in [0, 0.05) is 16.7 Å². The molecule has 0 bridgehead atoms. The highest BCUT2D eigenvalue weighted by molar-refractivity contribution is 9.10. The van der Waals surface area contributed by atoms with Gasteiger partial charge in [0.2, 0.25) is 0 Å². The van der Waals surface area contributed by atoms with Crippen LogP contribution in [0.15, 0.2) is 40.9 Å². The lowest BCUT2D eigenvalue weighted by atomic mass is 10.1. The fourth-order valence-electron chi connectivity index (χ4n) is 1.96. The van der Waals surface area contributed by atoms with Crippen molar-refractivity contribution in [1.29, 1.82) is 0 Å². The Morgan fingerprint density at radius 2 is 1.76 bits per heavy atom. The minimum Gasteiger partial charge on any atom is -0.381 e. The Bertz CT molecular complexity index is 632. The predicted molar refractivity (Wildman–Crippen MR) is 77.6 cm³/mol. The standard InChI is InChI=1S/C15H12BrF4N/c1-9-2-12(16)7-14(3-9)21-8-10-4-11(15(18,19)20)6-13(17)5-10/h2-7,21H,8H2,1H3. The molecule has 0 spiro atoms. The molecule has 21 heavy (non-hydrogen) atoms. The molecule has 112 valence electrons. The highest BCUT2D eigenvalue weighted by Crippen LogP contribution is 2.30. The number of nitrogens with one attached hydrogen (secondary N) is 1. The fourth-order valence-corrected chi connectivity index (χ4v) is 2.57. The molecule has 6 heteroatoms. The Morgan fingerprint density at radius 3 is 2.38 bits per heavy atom. The largest absolute Gasteiger partial charge is 0.416 e.